The Morgan fingerprint density at radius 2 is 1.19 bits per heavy atom. The molecule has 0 aliphatic carbocycles. The summed E-state index contributed by atoms with van der Waals surface area (Å²) >= 11 is 0. The average Bonchev–Trinajstić information content (AvgIpc) is 3.01. The minimum atomic E-state index is -0.150. The number of carbonyl (C=O) groups is 1. The minimum absolute atomic E-state index is 0. The van der Waals surface area contributed by atoms with Gasteiger partial charge in [0.2, 0.25) is 5.91 Å². The highest BCUT2D eigenvalue weighted by molar-refractivity contribution is 6.04. The van der Waals surface area contributed by atoms with E-state index in [1.54, 1.807) is 4.90 Å². The Kier molecular flexibility index (Phi) is 15.8. The highest BCUT2D eigenvalue weighted by Gasteiger charge is 2.33. The van der Waals surface area contributed by atoms with Crippen LogP contribution in [0.25, 0.3) is 0 Å². The molecule has 0 fully saturated rings. The third kappa shape index (κ3) is 10.4. The van der Waals surface area contributed by atoms with Crippen LogP contribution in [0.4, 0.5) is 5.69 Å². The number of halogens is 1. The number of hydrogen-bond donors (Lipinski definition) is 1. The predicted octanol–water partition coefficient (Wildman–Crippen LogP) is 7.98. The van der Waals surface area contributed by atoms with Gasteiger partial charge in [0.15, 0.2) is 0 Å². The van der Waals surface area contributed by atoms with Gasteiger partial charge >= 0.3 is 0 Å². The molecular weight excluding hydrogens is 404 g/mol. The first-order valence-corrected chi connectivity index (χ1v) is 12.9. The van der Waals surface area contributed by atoms with E-state index >= 15 is 0 Å². The van der Waals surface area contributed by atoms with Gasteiger partial charge in [-0.2, -0.15) is 0 Å². The maximum absolute atomic E-state index is 12.4. The van der Waals surface area contributed by atoms with E-state index in [-0.39, 0.29) is 24.4 Å². The maximum Gasteiger partial charge on any atom is 0.248 e. The topological polar surface area (TPSA) is 32.3 Å². The number of carbonyl (C=O) groups excluding carboxylic acids is 1. The van der Waals surface area contributed by atoms with Crippen LogP contribution >= 0.6 is 12.4 Å². The minimum Gasteiger partial charge on any atom is -0.313 e. The normalized spacial score (nSPS) is 15.2. The summed E-state index contributed by atoms with van der Waals surface area (Å²) in [7, 11) is 1.87. The fraction of sp³-hybridized carbons (Fsp3) is 0.741. The molecule has 1 unspecified atom stereocenters. The molecule has 178 valence electrons. The standard InChI is InChI=1S/C27H46N2O.ClH/c1-3-4-5-6-7-8-9-10-11-12-13-14-15-16-17-20-23-28-26-24-21-18-19-22-25(24)29(2)27(26)30;/h18-19,21-22,26,28H,3-17,20,23H2,1-2H3;1H. The van der Waals surface area contributed by atoms with Gasteiger partial charge in [0.05, 0.1) is 0 Å². The number of benzene rings is 1. The number of rotatable bonds is 18. The van der Waals surface area contributed by atoms with Crippen molar-refractivity contribution in [3.8, 4) is 0 Å². The molecule has 1 aromatic carbocycles. The first-order valence-electron chi connectivity index (χ1n) is 12.9. The molecule has 1 atom stereocenters. The second-order valence-corrected chi connectivity index (χ2v) is 9.15. The molecule has 0 saturated carbocycles. The lowest BCUT2D eigenvalue weighted by Crippen LogP contribution is -2.32. The van der Waals surface area contributed by atoms with Gasteiger partial charge in [-0.25, -0.2) is 0 Å². The van der Waals surface area contributed by atoms with Crippen LogP contribution in [0.5, 0.6) is 0 Å². The van der Waals surface area contributed by atoms with E-state index in [9.17, 15) is 4.79 Å². The highest BCUT2D eigenvalue weighted by Crippen LogP contribution is 2.34. The van der Waals surface area contributed by atoms with E-state index in [2.05, 4.69) is 18.3 Å². The van der Waals surface area contributed by atoms with E-state index in [1.165, 1.54) is 96.3 Å². The molecule has 1 heterocycles. The van der Waals surface area contributed by atoms with Crippen LogP contribution in [0, 0.1) is 0 Å². The zero-order chi connectivity index (χ0) is 21.4. The van der Waals surface area contributed by atoms with Crippen LogP contribution in [0.3, 0.4) is 0 Å². The molecule has 3 nitrogen and oxygen atoms in total. The molecule has 4 heteroatoms. The van der Waals surface area contributed by atoms with E-state index in [0.29, 0.717) is 0 Å². The van der Waals surface area contributed by atoms with Gasteiger partial charge in [0.25, 0.3) is 0 Å². The van der Waals surface area contributed by atoms with Crippen molar-refractivity contribution in [2.75, 3.05) is 18.5 Å². The van der Waals surface area contributed by atoms with E-state index in [4.69, 9.17) is 0 Å². The molecule has 1 N–H and O–H groups in total. The lowest BCUT2D eigenvalue weighted by Gasteiger charge is -2.13. The summed E-state index contributed by atoms with van der Waals surface area (Å²) in [5.41, 5.74) is 2.17. The SMILES string of the molecule is CCCCCCCCCCCCCCCCCCNC1C(=O)N(C)c2ccccc21.Cl. The van der Waals surface area contributed by atoms with Crippen LogP contribution in [0.2, 0.25) is 0 Å². The molecule has 0 radical (unpaired) electrons. The summed E-state index contributed by atoms with van der Waals surface area (Å²) < 4.78 is 0. The number of nitrogens with zero attached hydrogens (tertiary/aromatic N) is 1. The van der Waals surface area contributed by atoms with Crippen molar-refractivity contribution in [2.24, 2.45) is 0 Å². The monoisotopic (exact) mass is 450 g/mol. The van der Waals surface area contributed by atoms with Crippen molar-refractivity contribution in [1.82, 2.24) is 5.32 Å². The van der Waals surface area contributed by atoms with Crippen molar-refractivity contribution in [2.45, 2.75) is 116 Å². The lowest BCUT2D eigenvalue weighted by molar-refractivity contribution is -0.119. The van der Waals surface area contributed by atoms with Crippen LogP contribution in [0.15, 0.2) is 24.3 Å². The van der Waals surface area contributed by atoms with Crippen LogP contribution in [-0.2, 0) is 4.79 Å². The van der Waals surface area contributed by atoms with Crippen LogP contribution in [0.1, 0.15) is 121 Å². The number of para-hydroxylation sites is 1. The van der Waals surface area contributed by atoms with Gasteiger partial charge in [0, 0.05) is 18.3 Å². The van der Waals surface area contributed by atoms with Crippen molar-refractivity contribution < 1.29 is 4.79 Å². The smallest absolute Gasteiger partial charge is 0.248 e. The van der Waals surface area contributed by atoms with Crippen molar-refractivity contribution in [1.29, 1.82) is 0 Å². The molecule has 1 aliphatic rings. The number of amides is 1. The fourth-order valence-corrected chi connectivity index (χ4v) is 4.60. The van der Waals surface area contributed by atoms with Gasteiger partial charge in [-0.3, -0.25) is 4.79 Å². The maximum atomic E-state index is 12.4. The predicted molar refractivity (Wildman–Crippen MR) is 137 cm³/mol. The molecule has 0 bridgehead atoms. The second-order valence-electron chi connectivity index (χ2n) is 9.15. The van der Waals surface area contributed by atoms with Crippen molar-refractivity contribution in [3.63, 3.8) is 0 Å². The third-order valence-corrected chi connectivity index (χ3v) is 6.57. The zero-order valence-corrected chi connectivity index (χ0v) is 21.0. The van der Waals surface area contributed by atoms with E-state index in [1.807, 2.05) is 25.2 Å². The Morgan fingerprint density at radius 3 is 1.71 bits per heavy atom. The second kappa shape index (κ2) is 17.5. The fourth-order valence-electron chi connectivity index (χ4n) is 4.60. The number of fused-ring (bicyclic) bond motifs is 1. The molecular formula is C27H47ClN2O. The van der Waals surface area contributed by atoms with E-state index in [0.717, 1.165) is 24.2 Å². The Hall–Kier alpha value is -1.06. The Labute approximate surface area is 198 Å². The molecule has 1 aliphatic heterocycles. The Morgan fingerprint density at radius 1 is 0.742 bits per heavy atom. The Balaban J connectivity index is 0.00000480. The number of unbranched alkanes of at least 4 members (excludes halogenated alkanes) is 15. The summed E-state index contributed by atoms with van der Waals surface area (Å²) in [6.07, 6.45) is 22.2. The average molecular weight is 451 g/mol. The number of likely N-dealkylation sites (N-methyl/N-ethyl adjacent to an activating group) is 1. The van der Waals surface area contributed by atoms with Gasteiger partial charge in [-0.1, -0.05) is 121 Å². The Bertz CT molecular complexity index is 592. The van der Waals surface area contributed by atoms with Gasteiger partial charge in [-0.15, -0.1) is 12.4 Å². The van der Waals surface area contributed by atoms with Crippen LogP contribution in [-0.4, -0.2) is 19.5 Å². The first kappa shape index (κ1) is 28.0. The number of anilines is 1. The molecule has 0 saturated heterocycles. The summed E-state index contributed by atoms with van der Waals surface area (Å²) in [5, 5.41) is 3.48. The molecule has 2 rings (SSSR count). The largest absolute Gasteiger partial charge is 0.313 e. The lowest BCUT2D eigenvalue weighted by atomic mass is 10.0. The van der Waals surface area contributed by atoms with Crippen molar-refractivity contribution in [3.05, 3.63) is 29.8 Å². The van der Waals surface area contributed by atoms with Gasteiger partial charge < -0.3 is 10.2 Å². The zero-order valence-electron chi connectivity index (χ0n) is 20.2. The first-order chi connectivity index (χ1) is 14.8. The highest BCUT2D eigenvalue weighted by atomic mass is 35.5. The quantitative estimate of drug-likeness (QED) is 0.230. The van der Waals surface area contributed by atoms with Gasteiger partial charge in [0.1, 0.15) is 6.04 Å². The summed E-state index contributed by atoms with van der Waals surface area (Å²) in [6, 6.07) is 7.98. The van der Waals surface area contributed by atoms with E-state index < -0.39 is 0 Å². The third-order valence-electron chi connectivity index (χ3n) is 6.57. The summed E-state index contributed by atoms with van der Waals surface area (Å²) in [5.74, 6) is 0.174. The molecule has 31 heavy (non-hydrogen) atoms. The molecule has 1 amide bonds. The van der Waals surface area contributed by atoms with Crippen LogP contribution < -0.4 is 10.2 Å². The van der Waals surface area contributed by atoms with Crippen molar-refractivity contribution >= 4 is 24.0 Å². The molecule has 1 aromatic rings. The summed E-state index contributed by atoms with van der Waals surface area (Å²) in [6.45, 7) is 3.22. The number of hydrogen-bond acceptors (Lipinski definition) is 2. The molecule has 0 spiro atoms. The summed E-state index contributed by atoms with van der Waals surface area (Å²) in [4.78, 5) is 14.2. The van der Waals surface area contributed by atoms with Gasteiger partial charge in [-0.05, 0) is 19.0 Å². The number of nitrogens with one attached hydrogen (secondary N) is 1. The molecule has 0 aromatic heterocycles.